The Morgan fingerprint density at radius 3 is 3.00 bits per heavy atom. The van der Waals surface area contributed by atoms with E-state index < -0.39 is 0 Å². The Hall–Kier alpha value is -0.940. The second-order valence-electron chi connectivity index (χ2n) is 5.26. The number of thiazole rings is 1. The van der Waals surface area contributed by atoms with Crippen molar-refractivity contribution >= 4 is 22.4 Å². The van der Waals surface area contributed by atoms with Crippen molar-refractivity contribution in [3.63, 3.8) is 0 Å². The van der Waals surface area contributed by atoms with Gasteiger partial charge >= 0.3 is 0 Å². The van der Waals surface area contributed by atoms with Crippen molar-refractivity contribution < 1.29 is 4.79 Å². The molecule has 5 heteroatoms. The van der Waals surface area contributed by atoms with Crippen molar-refractivity contribution in [1.29, 1.82) is 0 Å². The molecule has 0 aliphatic carbocycles. The molecule has 1 saturated heterocycles. The van der Waals surface area contributed by atoms with E-state index in [2.05, 4.69) is 29.5 Å². The molecular weight excluding hydrogens is 234 g/mol. The molecule has 2 heterocycles. The molecule has 1 atom stereocenters. The molecule has 2 rings (SSSR count). The number of aromatic nitrogens is 1. The fourth-order valence-corrected chi connectivity index (χ4v) is 2.94. The number of carbonyl (C=O) groups is 1. The van der Waals surface area contributed by atoms with Crippen LogP contribution in [0.4, 0.5) is 5.13 Å². The molecule has 1 fully saturated rings. The highest BCUT2D eigenvalue weighted by Crippen LogP contribution is 2.30. The lowest BCUT2D eigenvalue weighted by Crippen LogP contribution is -2.53. The summed E-state index contributed by atoms with van der Waals surface area (Å²) >= 11 is 1.47. The fraction of sp³-hybridized carbons (Fsp3) is 0.667. The lowest BCUT2D eigenvalue weighted by Gasteiger charge is -2.37. The topological polar surface area (TPSA) is 54.0 Å². The lowest BCUT2D eigenvalue weighted by molar-refractivity contribution is -0.121. The summed E-state index contributed by atoms with van der Waals surface area (Å²) in [4.78, 5) is 16.4. The van der Waals surface area contributed by atoms with Gasteiger partial charge in [0.1, 0.15) is 0 Å². The van der Waals surface area contributed by atoms with Gasteiger partial charge in [-0.15, -0.1) is 11.3 Å². The zero-order valence-electron chi connectivity index (χ0n) is 10.5. The molecule has 1 amide bonds. The number of hydrogen-bond donors (Lipinski definition) is 2. The van der Waals surface area contributed by atoms with Crippen LogP contribution in [0, 0.1) is 12.3 Å². The summed E-state index contributed by atoms with van der Waals surface area (Å²) in [6.07, 6.45) is 2.21. The van der Waals surface area contributed by atoms with Gasteiger partial charge in [-0.05, 0) is 31.7 Å². The van der Waals surface area contributed by atoms with Crippen molar-refractivity contribution in [2.24, 2.45) is 5.41 Å². The number of carbonyl (C=O) groups excluding carboxylic acids is 1. The van der Waals surface area contributed by atoms with Crippen LogP contribution in [0.3, 0.4) is 0 Å². The Morgan fingerprint density at radius 2 is 2.41 bits per heavy atom. The van der Waals surface area contributed by atoms with Crippen LogP contribution < -0.4 is 10.6 Å². The highest BCUT2D eigenvalue weighted by atomic mass is 32.1. The van der Waals surface area contributed by atoms with E-state index in [9.17, 15) is 4.79 Å². The van der Waals surface area contributed by atoms with E-state index >= 15 is 0 Å². The minimum absolute atomic E-state index is 0.00857. The summed E-state index contributed by atoms with van der Waals surface area (Å²) in [5, 5.41) is 8.83. The minimum atomic E-state index is -0.125. The summed E-state index contributed by atoms with van der Waals surface area (Å²) < 4.78 is 0. The van der Waals surface area contributed by atoms with E-state index in [-0.39, 0.29) is 17.4 Å². The van der Waals surface area contributed by atoms with E-state index in [1.54, 1.807) is 0 Å². The van der Waals surface area contributed by atoms with Gasteiger partial charge in [0, 0.05) is 5.38 Å². The third-order valence-electron chi connectivity index (χ3n) is 3.24. The van der Waals surface area contributed by atoms with Crippen LogP contribution in [-0.4, -0.2) is 23.5 Å². The van der Waals surface area contributed by atoms with E-state index in [1.807, 2.05) is 12.3 Å². The third-order valence-corrected chi connectivity index (χ3v) is 4.11. The van der Waals surface area contributed by atoms with E-state index in [0.717, 1.165) is 25.1 Å². The van der Waals surface area contributed by atoms with Gasteiger partial charge in [0.15, 0.2) is 5.13 Å². The van der Waals surface area contributed by atoms with Gasteiger partial charge in [0.2, 0.25) is 5.91 Å². The maximum atomic E-state index is 12.2. The zero-order valence-corrected chi connectivity index (χ0v) is 11.4. The Kier molecular flexibility index (Phi) is 3.49. The standard InChI is InChI=1S/C12H19N3OS/c1-8-7-17-11(14-8)15-10(16)9-12(2,3)5-4-6-13-9/h7,9,13H,4-6H2,1-3H3,(H,14,15,16). The maximum absolute atomic E-state index is 12.2. The van der Waals surface area contributed by atoms with Gasteiger partial charge in [0.05, 0.1) is 11.7 Å². The normalized spacial score (nSPS) is 23.4. The first-order valence-corrected chi connectivity index (χ1v) is 6.83. The summed E-state index contributed by atoms with van der Waals surface area (Å²) in [5.41, 5.74) is 0.954. The molecule has 4 nitrogen and oxygen atoms in total. The molecule has 1 unspecified atom stereocenters. The van der Waals surface area contributed by atoms with Crippen molar-refractivity contribution in [3.05, 3.63) is 11.1 Å². The molecule has 0 bridgehead atoms. The van der Waals surface area contributed by atoms with Gasteiger partial charge < -0.3 is 10.6 Å². The monoisotopic (exact) mass is 253 g/mol. The number of amides is 1. The molecule has 94 valence electrons. The first-order chi connectivity index (χ1) is 7.99. The Balaban J connectivity index is 2.04. The fourth-order valence-electron chi connectivity index (χ4n) is 2.25. The number of hydrogen-bond acceptors (Lipinski definition) is 4. The van der Waals surface area contributed by atoms with Gasteiger partial charge in [0.25, 0.3) is 0 Å². The predicted octanol–water partition coefficient (Wildman–Crippen LogP) is 2.17. The summed E-state index contributed by atoms with van der Waals surface area (Å²) in [6.45, 7) is 7.11. The molecule has 1 aromatic rings. The quantitative estimate of drug-likeness (QED) is 0.849. The first kappa shape index (κ1) is 12.5. The number of nitrogens with zero attached hydrogens (tertiary/aromatic N) is 1. The van der Waals surface area contributed by atoms with Crippen LogP contribution in [0.1, 0.15) is 32.4 Å². The van der Waals surface area contributed by atoms with Gasteiger partial charge in [-0.2, -0.15) is 0 Å². The van der Waals surface area contributed by atoms with Crippen LogP contribution in [0.2, 0.25) is 0 Å². The number of anilines is 1. The maximum Gasteiger partial charge on any atom is 0.243 e. The molecule has 1 aliphatic heterocycles. The molecule has 0 radical (unpaired) electrons. The molecule has 1 aromatic heterocycles. The molecule has 2 N–H and O–H groups in total. The Morgan fingerprint density at radius 1 is 1.65 bits per heavy atom. The molecule has 0 saturated carbocycles. The number of piperidine rings is 1. The van der Waals surface area contributed by atoms with Gasteiger partial charge in [-0.25, -0.2) is 4.98 Å². The average Bonchev–Trinajstić information content (AvgIpc) is 2.63. The Bertz CT molecular complexity index is 414. The summed E-state index contributed by atoms with van der Waals surface area (Å²) in [5.74, 6) is 0.0315. The molecular formula is C12H19N3OS. The molecule has 0 aromatic carbocycles. The van der Waals surface area contributed by atoms with Crippen molar-refractivity contribution in [3.8, 4) is 0 Å². The van der Waals surface area contributed by atoms with Gasteiger partial charge in [-0.1, -0.05) is 13.8 Å². The molecule has 17 heavy (non-hydrogen) atoms. The van der Waals surface area contributed by atoms with Crippen molar-refractivity contribution in [2.45, 2.75) is 39.7 Å². The van der Waals surface area contributed by atoms with Crippen LogP contribution in [0.15, 0.2) is 5.38 Å². The minimum Gasteiger partial charge on any atom is -0.305 e. The van der Waals surface area contributed by atoms with Crippen molar-refractivity contribution in [2.75, 3.05) is 11.9 Å². The second-order valence-corrected chi connectivity index (χ2v) is 6.12. The lowest BCUT2D eigenvalue weighted by atomic mass is 9.77. The van der Waals surface area contributed by atoms with Crippen LogP contribution >= 0.6 is 11.3 Å². The van der Waals surface area contributed by atoms with E-state index in [4.69, 9.17) is 0 Å². The second kappa shape index (κ2) is 4.74. The third kappa shape index (κ3) is 2.84. The molecule has 1 aliphatic rings. The first-order valence-electron chi connectivity index (χ1n) is 5.95. The van der Waals surface area contributed by atoms with E-state index in [1.165, 1.54) is 11.3 Å². The summed E-state index contributed by atoms with van der Waals surface area (Å²) in [7, 11) is 0. The molecule has 0 spiro atoms. The van der Waals surface area contributed by atoms with E-state index in [0.29, 0.717) is 5.13 Å². The van der Waals surface area contributed by atoms with Crippen LogP contribution in [0.25, 0.3) is 0 Å². The smallest absolute Gasteiger partial charge is 0.243 e. The van der Waals surface area contributed by atoms with Gasteiger partial charge in [-0.3, -0.25) is 4.79 Å². The number of nitrogens with one attached hydrogen (secondary N) is 2. The van der Waals surface area contributed by atoms with Crippen LogP contribution in [-0.2, 0) is 4.79 Å². The Labute approximate surface area is 106 Å². The highest BCUT2D eigenvalue weighted by Gasteiger charge is 2.37. The number of aryl methyl sites for hydroxylation is 1. The zero-order chi connectivity index (χ0) is 12.5. The van der Waals surface area contributed by atoms with Crippen LogP contribution in [0.5, 0.6) is 0 Å². The summed E-state index contributed by atoms with van der Waals surface area (Å²) in [6, 6.07) is -0.125. The predicted molar refractivity (Wildman–Crippen MR) is 70.3 cm³/mol. The largest absolute Gasteiger partial charge is 0.305 e. The number of rotatable bonds is 2. The highest BCUT2D eigenvalue weighted by molar-refractivity contribution is 7.13. The average molecular weight is 253 g/mol. The van der Waals surface area contributed by atoms with Crippen molar-refractivity contribution in [1.82, 2.24) is 10.3 Å². The SMILES string of the molecule is Cc1csc(NC(=O)C2NCCCC2(C)C)n1.